The molecular weight excluding hydrogens is 340 g/mol. The van der Waals surface area contributed by atoms with Crippen LogP contribution in [0.3, 0.4) is 0 Å². The Morgan fingerprint density at radius 2 is 1.72 bits per heavy atom. The number of amides is 2. The smallest absolute Gasteiger partial charge is 0.276 e. The predicted molar refractivity (Wildman–Crippen MR) is 97.3 cm³/mol. The van der Waals surface area contributed by atoms with Crippen LogP contribution in [0.1, 0.15) is 31.2 Å². The van der Waals surface area contributed by atoms with Crippen molar-refractivity contribution in [1.29, 1.82) is 0 Å². The van der Waals surface area contributed by atoms with Crippen molar-refractivity contribution in [2.75, 3.05) is 6.61 Å². The monoisotopic (exact) mass is 360 g/mol. The van der Waals surface area contributed by atoms with Crippen molar-refractivity contribution in [3.8, 4) is 5.75 Å². The zero-order valence-corrected chi connectivity index (χ0v) is 14.8. The van der Waals surface area contributed by atoms with E-state index in [0.717, 1.165) is 12.0 Å². The molecule has 0 aliphatic heterocycles. The van der Waals surface area contributed by atoms with Crippen LogP contribution >= 0.6 is 11.6 Å². The average Bonchev–Trinajstić information content (AvgIpc) is 2.64. The highest BCUT2D eigenvalue weighted by Gasteiger charge is 2.20. The van der Waals surface area contributed by atoms with Crippen LogP contribution in [0.2, 0.25) is 5.02 Å². The lowest BCUT2D eigenvalue weighted by Crippen LogP contribution is -2.45. The van der Waals surface area contributed by atoms with Gasteiger partial charge in [-0.2, -0.15) is 0 Å². The van der Waals surface area contributed by atoms with Gasteiger partial charge in [-0.05, 0) is 24.1 Å². The van der Waals surface area contributed by atoms with Gasteiger partial charge < -0.3 is 4.74 Å². The minimum atomic E-state index is -0.462. The van der Waals surface area contributed by atoms with Gasteiger partial charge in [0.25, 0.3) is 5.91 Å². The van der Waals surface area contributed by atoms with E-state index in [-0.39, 0.29) is 18.4 Å². The van der Waals surface area contributed by atoms with Crippen molar-refractivity contribution >= 4 is 23.4 Å². The van der Waals surface area contributed by atoms with Gasteiger partial charge in [-0.15, -0.1) is 0 Å². The minimum absolute atomic E-state index is 0.242. The summed E-state index contributed by atoms with van der Waals surface area (Å²) in [5.41, 5.74) is 5.76. The molecule has 0 saturated heterocycles. The number of carbonyl (C=O) groups is 2. The van der Waals surface area contributed by atoms with E-state index in [9.17, 15) is 9.59 Å². The second-order valence-corrected chi connectivity index (χ2v) is 5.92. The Balaban J connectivity index is 1.85. The SMILES string of the molecule is CCC[C@@H](C(=O)NNC(=O)COc1ccccc1Cl)c1ccccc1. The number of para-hydroxylation sites is 1. The Hall–Kier alpha value is -2.53. The Kier molecular flexibility index (Phi) is 7.29. The summed E-state index contributed by atoms with van der Waals surface area (Å²) in [6, 6.07) is 16.4. The van der Waals surface area contributed by atoms with Crippen LogP contribution in [0.25, 0.3) is 0 Å². The lowest BCUT2D eigenvalue weighted by Gasteiger charge is -2.17. The maximum absolute atomic E-state index is 12.4. The Labute approximate surface area is 152 Å². The number of halogens is 1. The van der Waals surface area contributed by atoms with Crippen molar-refractivity contribution < 1.29 is 14.3 Å². The van der Waals surface area contributed by atoms with Gasteiger partial charge in [-0.25, -0.2) is 0 Å². The molecule has 0 radical (unpaired) electrons. The second-order valence-electron chi connectivity index (χ2n) is 5.51. The molecule has 132 valence electrons. The predicted octanol–water partition coefficient (Wildman–Crippen LogP) is 3.45. The van der Waals surface area contributed by atoms with Crippen LogP contribution in [0, 0.1) is 0 Å². The van der Waals surface area contributed by atoms with Crippen LogP contribution in [0.4, 0.5) is 0 Å². The van der Waals surface area contributed by atoms with Gasteiger partial charge in [0.05, 0.1) is 10.9 Å². The summed E-state index contributed by atoms with van der Waals surface area (Å²) < 4.78 is 5.33. The van der Waals surface area contributed by atoms with Crippen LogP contribution < -0.4 is 15.6 Å². The molecule has 5 nitrogen and oxygen atoms in total. The highest BCUT2D eigenvalue weighted by atomic mass is 35.5. The topological polar surface area (TPSA) is 67.4 Å². The molecule has 6 heteroatoms. The number of rotatable bonds is 7. The molecule has 0 bridgehead atoms. The molecule has 25 heavy (non-hydrogen) atoms. The quantitative estimate of drug-likeness (QED) is 0.743. The number of hydrogen-bond acceptors (Lipinski definition) is 3. The van der Waals surface area contributed by atoms with Crippen LogP contribution in [-0.2, 0) is 9.59 Å². The first-order valence-corrected chi connectivity index (χ1v) is 8.50. The molecule has 0 aromatic heterocycles. The fourth-order valence-electron chi connectivity index (χ4n) is 2.38. The second kappa shape index (κ2) is 9.69. The lowest BCUT2D eigenvalue weighted by molar-refractivity contribution is -0.130. The maximum Gasteiger partial charge on any atom is 0.276 e. The summed E-state index contributed by atoms with van der Waals surface area (Å²) in [7, 11) is 0. The Morgan fingerprint density at radius 3 is 2.40 bits per heavy atom. The number of benzene rings is 2. The Bertz CT molecular complexity index is 707. The first kappa shape index (κ1) is 18.8. The third-order valence-electron chi connectivity index (χ3n) is 3.62. The molecule has 2 aromatic rings. The summed E-state index contributed by atoms with van der Waals surface area (Å²) in [6.07, 6.45) is 1.55. The number of hydrazine groups is 1. The van der Waals surface area contributed by atoms with E-state index in [1.54, 1.807) is 24.3 Å². The standard InChI is InChI=1S/C19H21ClN2O3/c1-2-8-15(14-9-4-3-5-10-14)19(24)22-21-18(23)13-25-17-12-7-6-11-16(17)20/h3-7,9-12,15H,2,8,13H2,1H3,(H,21,23)(H,22,24)/t15-/m1/s1. The highest BCUT2D eigenvalue weighted by Crippen LogP contribution is 2.23. The normalized spacial score (nSPS) is 11.4. The van der Waals surface area contributed by atoms with E-state index >= 15 is 0 Å². The van der Waals surface area contributed by atoms with Crippen molar-refractivity contribution in [3.63, 3.8) is 0 Å². The van der Waals surface area contributed by atoms with E-state index in [4.69, 9.17) is 16.3 Å². The summed E-state index contributed by atoms with van der Waals surface area (Å²) >= 11 is 5.95. The molecule has 2 amide bonds. The van der Waals surface area contributed by atoms with Gasteiger partial charge in [0.2, 0.25) is 5.91 Å². The van der Waals surface area contributed by atoms with Crippen LogP contribution in [-0.4, -0.2) is 18.4 Å². The fraction of sp³-hybridized carbons (Fsp3) is 0.263. The summed E-state index contributed by atoms with van der Waals surface area (Å²) in [6.45, 7) is 1.77. The van der Waals surface area contributed by atoms with Crippen molar-refractivity contribution in [2.24, 2.45) is 0 Å². The van der Waals surface area contributed by atoms with Gasteiger partial charge in [0, 0.05) is 0 Å². The first-order chi connectivity index (χ1) is 12.1. The molecule has 0 unspecified atom stereocenters. The molecule has 0 saturated carbocycles. The average molecular weight is 361 g/mol. The molecule has 0 aliphatic rings. The zero-order valence-electron chi connectivity index (χ0n) is 14.0. The number of hydrogen-bond donors (Lipinski definition) is 2. The molecule has 0 aliphatic carbocycles. The third-order valence-corrected chi connectivity index (χ3v) is 3.93. The minimum Gasteiger partial charge on any atom is -0.482 e. The summed E-state index contributed by atoms with van der Waals surface area (Å²) in [5.74, 6) is -0.606. The fourth-order valence-corrected chi connectivity index (χ4v) is 2.57. The molecule has 2 rings (SSSR count). The third kappa shape index (κ3) is 5.80. The molecule has 1 atom stereocenters. The van der Waals surface area contributed by atoms with E-state index in [2.05, 4.69) is 10.9 Å². The maximum atomic E-state index is 12.4. The molecule has 2 N–H and O–H groups in total. The zero-order chi connectivity index (χ0) is 18.1. The van der Waals surface area contributed by atoms with Gasteiger partial charge in [-0.3, -0.25) is 20.4 Å². The van der Waals surface area contributed by atoms with Crippen molar-refractivity contribution in [3.05, 3.63) is 65.2 Å². The Morgan fingerprint density at radius 1 is 1.04 bits per heavy atom. The van der Waals surface area contributed by atoms with E-state index < -0.39 is 5.91 Å². The van der Waals surface area contributed by atoms with E-state index in [1.807, 2.05) is 37.3 Å². The molecule has 2 aromatic carbocycles. The van der Waals surface area contributed by atoms with E-state index in [0.29, 0.717) is 17.2 Å². The number of carbonyl (C=O) groups excluding carboxylic acids is 2. The molecular formula is C19H21ClN2O3. The van der Waals surface area contributed by atoms with Crippen molar-refractivity contribution in [2.45, 2.75) is 25.7 Å². The summed E-state index contributed by atoms with van der Waals surface area (Å²) in [5, 5.41) is 0.423. The van der Waals surface area contributed by atoms with E-state index in [1.165, 1.54) is 0 Å². The molecule has 0 heterocycles. The molecule has 0 spiro atoms. The van der Waals surface area contributed by atoms with Crippen LogP contribution in [0.5, 0.6) is 5.75 Å². The largest absolute Gasteiger partial charge is 0.482 e. The van der Waals surface area contributed by atoms with Crippen molar-refractivity contribution in [1.82, 2.24) is 10.9 Å². The van der Waals surface area contributed by atoms with Gasteiger partial charge in [0.1, 0.15) is 5.75 Å². The summed E-state index contributed by atoms with van der Waals surface area (Å²) in [4.78, 5) is 24.2. The number of nitrogens with one attached hydrogen (secondary N) is 2. The number of ether oxygens (including phenoxy) is 1. The van der Waals surface area contributed by atoms with Gasteiger partial charge in [0.15, 0.2) is 6.61 Å². The highest BCUT2D eigenvalue weighted by molar-refractivity contribution is 6.32. The molecule has 0 fully saturated rings. The lowest BCUT2D eigenvalue weighted by atomic mass is 9.94. The van der Waals surface area contributed by atoms with Crippen LogP contribution in [0.15, 0.2) is 54.6 Å². The first-order valence-electron chi connectivity index (χ1n) is 8.12. The van der Waals surface area contributed by atoms with Gasteiger partial charge in [-0.1, -0.05) is 67.4 Å². The van der Waals surface area contributed by atoms with Gasteiger partial charge >= 0.3 is 0 Å².